The minimum absolute atomic E-state index is 0.131. The third-order valence-electron chi connectivity index (χ3n) is 7.70. The molecule has 0 saturated heterocycles. The number of oxazole rings is 1. The third-order valence-corrected chi connectivity index (χ3v) is 8.87. The van der Waals surface area contributed by atoms with Crippen LogP contribution in [0.25, 0.3) is 22.6 Å². The number of fused-ring (bicyclic) bond motifs is 2. The summed E-state index contributed by atoms with van der Waals surface area (Å²) in [5.74, 6) is -0.901. The second-order valence-electron chi connectivity index (χ2n) is 11.3. The molecule has 1 amide bonds. The Balaban J connectivity index is 1.37. The Labute approximate surface area is 243 Å². The number of thiophene rings is 1. The van der Waals surface area contributed by atoms with E-state index in [0.717, 1.165) is 29.7 Å². The van der Waals surface area contributed by atoms with Crippen LogP contribution in [-0.4, -0.2) is 36.0 Å². The van der Waals surface area contributed by atoms with Crippen LogP contribution in [0.4, 0.5) is 5.00 Å². The predicted molar refractivity (Wildman–Crippen MR) is 158 cm³/mol. The van der Waals surface area contributed by atoms with E-state index in [1.807, 2.05) is 18.2 Å². The summed E-state index contributed by atoms with van der Waals surface area (Å²) >= 11 is 1.40. The summed E-state index contributed by atoms with van der Waals surface area (Å²) in [5.41, 5.74) is 3.45. The lowest BCUT2D eigenvalue weighted by molar-refractivity contribution is -0.124. The van der Waals surface area contributed by atoms with Crippen molar-refractivity contribution < 1.29 is 28.3 Å². The van der Waals surface area contributed by atoms with Crippen LogP contribution in [0.2, 0.25) is 0 Å². The first-order valence-electron chi connectivity index (χ1n) is 13.8. The van der Waals surface area contributed by atoms with Gasteiger partial charge in [0, 0.05) is 4.88 Å². The summed E-state index contributed by atoms with van der Waals surface area (Å²) < 4.78 is 16.7. The van der Waals surface area contributed by atoms with Gasteiger partial charge in [-0.05, 0) is 66.8 Å². The number of methoxy groups -OCH3 is 1. The quantitative estimate of drug-likeness (QED) is 0.235. The number of hydrogen-bond acceptors (Lipinski definition) is 8. The summed E-state index contributed by atoms with van der Waals surface area (Å²) in [4.78, 5) is 45.2. The molecule has 0 fully saturated rings. The lowest BCUT2D eigenvalue weighted by atomic mass is 9.72. The monoisotopic (exact) mass is 574 g/mol. The summed E-state index contributed by atoms with van der Waals surface area (Å²) in [6, 6.07) is 14.2. The van der Waals surface area contributed by atoms with Crippen molar-refractivity contribution in [3.05, 3.63) is 70.1 Å². The Morgan fingerprint density at radius 3 is 2.54 bits per heavy atom. The largest absolute Gasteiger partial charge is 0.465 e. The molecule has 2 atom stereocenters. The first-order valence-corrected chi connectivity index (χ1v) is 14.6. The van der Waals surface area contributed by atoms with Crippen LogP contribution in [0, 0.1) is 11.3 Å². The van der Waals surface area contributed by atoms with Crippen molar-refractivity contribution in [1.29, 1.82) is 0 Å². The van der Waals surface area contributed by atoms with Crippen LogP contribution in [0.1, 0.15) is 71.7 Å². The SMILES string of the molecule is CCC(OC(=O)c1ccccc1-c1nc2ccccc2o1)C(=O)Nc1sc2c(c1C(=O)OC)CCC(C(C)(C)C)C2. The molecule has 0 aliphatic heterocycles. The smallest absolute Gasteiger partial charge is 0.341 e. The van der Waals surface area contributed by atoms with E-state index in [4.69, 9.17) is 13.9 Å². The van der Waals surface area contributed by atoms with Crippen LogP contribution >= 0.6 is 11.3 Å². The molecule has 2 unspecified atom stereocenters. The van der Waals surface area contributed by atoms with Crippen LogP contribution in [-0.2, 0) is 27.1 Å². The van der Waals surface area contributed by atoms with E-state index in [0.29, 0.717) is 33.1 Å². The molecule has 0 bridgehead atoms. The highest BCUT2D eigenvalue weighted by Gasteiger charge is 2.35. The van der Waals surface area contributed by atoms with E-state index < -0.39 is 23.9 Å². The Bertz CT molecular complexity index is 1580. The van der Waals surface area contributed by atoms with Gasteiger partial charge in [-0.2, -0.15) is 0 Å². The maximum Gasteiger partial charge on any atom is 0.341 e. The molecule has 8 nitrogen and oxygen atoms in total. The molecule has 1 N–H and O–H groups in total. The van der Waals surface area contributed by atoms with Crippen molar-refractivity contribution in [1.82, 2.24) is 4.98 Å². The van der Waals surface area contributed by atoms with Gasteiger partial charge in [-0.15, -0.1) is 11.3 Å². The van der Waals surface area contributed by atoms with Crippen molar-refractivity contribution in [2.24, 2.45) is 11.3 Å². The van der Waals surface area contributed by atoms with Crippen LogP contribution < -0.4 is 5.32 Å². The number of esters is 2. The fourth-order valence-electron chi connectivity index (χ4n) is 5.27. The van der Waals surface area contributed by atoms with Crippen molar-refractivity contribution in [3.8, 4) is 11.5 Å². The highest BCUT2D eigenvalue weighted by molar-refractivity contribution is 7.17. The van der Waals surface area contributed by atoms with Gasteiger partial charge in [0.2, 0.25) is 5.89 Å². The van der Waals surface area contributed by atoms with Crippen LogP contribution in [0.5, 0.6) is 0 Å². The Morgan fingerprint density at radius 2 is 1.83 bits per heavy atom. The molecule has 2 aromatic carbocycles. The standard InChI is InChI=1S/C32H34N2O6S/c1-6-23(40-30(36)20-12-8-7-11-19(20)28-33-22-13-9-10-14-24(22)39-28)27(35)34-29-26(31(37)38-5)21-16-15-18(32(2,3)4)17-25(21)41-29/h7-14,18,23H,6,15-17H2,1-5H3,(H,34,35). The number of para-hydroxylation sites is 2. The maximum atomic E-state index is 13.4. The molecule has 0 radical (unpaired) electrons. The minimum Gasteiger partial charge on any atom is -0.465 e. The first-order chi connectivity index (χ1) is 19.6. The highest BCUT2D eigenvalue weighted by Crippen LogP contribution is 2.44. The fraction of sp³-hybridized carbons (Fsp3) is 0.375. The molecule has 2 aromatic heterocycles. The Kier molecular flexibility index (Phi) is 8.00. The number of rotatable bonds is 7. The number of carbonyl (C=O) groups excluding carboxylic acids is 3. The van der Waals surface area contributed by atoms with Crippen LogP contribution in [0.3, 0.4) is 0 Å². The van der Waals surface area contributed by atoms with Gasteiger partial charge in [0.05, 0.1) is 23.8 Å². The average Bonchev–Trinajstić information content (AvgIpc) is 3.55. The maximum absolute atomic E-state index is 13.4. The molecular formula is C32H34N2O6S. The fourth-order valence-corrected chi connectivity index (χ4v) is 6.59. The van der Waals surface area contributed by atoms with Crippen molar-refractivity contribution in [2.45, 2.75) is 59.5 Å². The van der Waals surface area contributed by atoms with Crippen LogP contribution in [0.15, 0.2) is 52.9 Å². The third kappa shape index (κ3) is 5.77. The number of hydrogen-bond donors (Lipinski definition) is 1. The predicted octanol–water partition coefficient (Wildman–Crippen LogP) is 7.07. The Hall–Kier alpha value is -3.98. The summed E-state index contributed by atoms with van der Waals surface area (Å²) in [7, 11) is 1.34. The molecule has 1 aliphatic carbocycles. The molecule has 9 heteroatoms. The van der Waals surface area contributed by atoms with Gasteiger partial charge >= 0.3 is 11.9 Å². The van der Waals surface area contributed by atoms with Gasteiger partial charge in [-0.1, -0.05) is 52.0 Å². The van der Waals surface area contributed by atoms with E-state index in [1.165, 1.54) is 18.4 Å². The number of aromatic nitrogens is 1. The van der Waals surface area contributed by atoms with Gasteiger partial charge in [-0.25, -0.2) is 14.6 Å². The number of nitrogens with one attached hydrogen (secondary N) is 1. The summed E-state index contributed by atoms with van der Waals surface area (Å²) in [5, 5.41) is 3.31. The molecule has 0 spiro atoms. The number of benzene rings is 2. The number of nitrogens with zero attached hydrogens (tertiary/aromatic N) is 1. The van der Waals surface area contributed by atoms with E-state index in [9.17, 15) is 14.4 Å². The minimum atomic E-state index is -1.08. The van der Waals surface area contributed by atoms with Gasteiger partial charge in [0.15, 0.2) is 11.7 Å². The second-order valence-corrected chi connectivity index (χ2v) is 12.4. The zero-order valence-electron chi connectivity index (χ0n) is 23.9. The van der Waals surface area contributed by atoms with Crippen molar-refractivity contribution >= 4 is 45.3 Å². The molecule has 2 heterocycles. The molecular weight excluding hydrogens is 540 g/mol. The number of ether oxygens (including phenoxy) is 2. The zero-order chi connectivity index (χ0) is 29.3. The summed E-state index contributed by atoms with van der Waals surface area (Å²) in [6.07, 6.45) is 1.70. The van der Waals surface area contributed by atoms with E-state index >= 15 is 0 Å². The molecule has 41 heavy (non-hydrogen) atoms. The van der Waals surface area contributed by atoms with Gasteiger partial charge in [-0.3, -0.25) is 4.79 Å². The second kappa shape index (κ2) is 11.5. The normalized spacial score (nSPS) is 15.7. The summed E-state index contributed by atoms with van der Waals surface area (Å²) in [6.45, 7) is 8.44. The van der Waals surface area contributed by atoms with Gasteiger partial charge < -0.3 is 19.2 Å². The number of carbonyl (C=O) groups is 3. The molecule has 1 aliphatic rings. The van der Waals surface area contributed by atoms with Crippen molar-refractivity contribution in [3.63, 3.8) is 0 Å². The van der Waals surface area contributed by atoms with Crippen molar-refractivity contribution in [2.75, 3.05) is 12.4 Å². The topological polar surface area (TPSA) is 108 Å². The molecule has 5 rings (SSSR count). The Morgan fingerprint density at radius 1 is 1.10 bits per heavy atom. The molecule has 0 saturated carbocycles. The lowest BCUT2D eigenvalue weighted by Gasteiger charge is -2.33. The van der Waals surface area contributed by atoms with E-state index in [1.54, 1.807) is 37.3 Å². The molecule has 214 valence electrons. The average molecular weight is 575 g/mol. The van der Waals surface area contributed by atoms with Gasteiger partial charge in [0.25, 0.3) is 5.91 Å². The number of anilines is 1. The first kappa shape index (κ1) is 28.5. The lowest BCUT2D eigenvalue weighted by Crippen LogP contribution is -2.32. The number of amides is 1. The van der Waals surface area contributed by atoms with Gasteiger partial charge in [0.1, 0.15) is 10.5 Å². The van der Waals surface area contributed by atoms with E-state index in [-0.39, 0.29) is 23.3 Å². The van der Waals surface area contributed by atoms with E-state index in [2.05, 4.69) is 31.1 Å². The zero-order valence-corrected chi connectivity index (χ0v) is 24.7. The highest BCUT2D eigenvalue weighted by atomic mass is 32.1. The molecule has 4 aromatic rings.